The van der Waals surface area contributed by atoms with Crippen molar-refractivity contribution < 1.29 is 0 Å². The van der Waals surface area contributed by atoms with Crippen LogP contribution < -0.4 is 11.3 Å². The molecule has 2 aromatic rings. The van der Waals surface area contributed by atoms with E-state index in [-0.39, 0.29) is 6.04 Å². The summed E-state index contributed by atoms with van der Waals surface area (Å²) in [7, 11) is 0. The van der Waals surface area contributed by atoms with Crippen LogP contribution in [0.25, 0.3) is 0 Å². The molecule has 72 valence electrons. The van der Waals surface area contributed by atoms with E-state index in [1.807, 2.05) is 17.5 Å². The minimum atomic E-state index is -0.0660. The van der Waals surface area contributed by atoms with Crippen LogP contribution in [0.3, 0.4) is 0 Å². The number of rotatable bonds is 3. The number of aromatic nitrogens is 2. The van der Waals surface area contributed by atoms with Crippen molar-refractivity contribution >= 4 is 11.3 Å². The SMILES string of the molecule is NNC(c1cnccn1)c1cccs1. The molecule has 0 aromatic carbocycles. The molecule has 0 spiro atoms. The maximum absolute atomic E-state index is 5.48. The number of nitrogens with zero attached hydrogens (tertiary/aromatic N) is 2. The van der Waals surface area contributed by atoms with Gasteiger partial charge >= 0.3 is 0 Å². The molecule has 4 nitrogen and oxygen atoms in total. The van der Waals surface area contributed by atoms with Crippen molar-refractivity contribution in [2.75, 3.05) is 0 Å². The van der Waals surface area contributed by atoms with Gasteiger partial charge in [0.1, 0.15) is 0 Å². The van der Waals surface area contributed by atoms with Crippen LogP contribution in [0.1, 0.15) is 16.6 Å². The van der Waals surface area contributed by atoms with E-state index in [2.05, 4.69) is 15.4 Å². The summed E-state index contributed by atoms with van der Waals surface area (Å²) in [5, 5.41) is 2.01. The van der Waals surface area contributed by atoms with Crippen LogP contribution in [-0.4, -0.2) is 9.97 Å². The first-order valence-corrected chi connectivity index (χ1v) is 5.05. The number of thiophene rings is 1. The van der Waals surface area contributed by atoms with Crippen molar-refractivity contribution in [1.82, 2.24) is 15.4 Å². The Balaban J connectivity index is 2.31. The molecule has 0 aliphatic heterocycles. The van der Waals surface area contributed by atoms with Gasteiger partial charge in [0.15, 0.2) is 0 Å². The fourth-order valence-electron chi connectivity index (χ4n) is 1.23. The molecule has 0 saturated carbocycles. The number of nitrogens with two attached hydrogens (primary N) is 1. The first-order valence-electron chi connectivity index (χ1n) is 4.17. The quantitative estimate of drug-likeness (QED) is 0.583. The van der Waals surface area contributed by atoms with Crippen LogP contribution in [0.2, 0.25) is 0 Å². The zero-order valence-corrected chi connectivity index (χ0v) is 8.24. The Labute approximate surface area is 85.8 Å². The second kappa shape index (κ2) is 4.28. The van der Waals surface area contributed by atoms with E-state index in [1.54, 1.807) is 29.9 Å². The molecular formula is C9H10N4S. The van der Waals surface area contributed by atoms with E-state index in [0.717, 1.165) is 10.6 Å². The van der Waals surface area contributed by atoms with Gasteiger partial charge in [-0.1, -0.05) is 6.07 Å². The van der Waals surface area contributed by atoms with Crippen molar-refractivity contribution in [2.45, 2.75) is 6.04 Å². The van der Waals surface area contributed by atoms with Gasteiger partial charge in [0.2, 0.25) is 0 Å². The third kappa shape index (κ3) is 1.79. The summed E-state index contributed by atoms with van der Waals surface area (Å²) in [6.45, 7) is 0. The smallest absolute Gasteiger partial charge is 0.0988 e. The molecule has 1 unspecified atom stereocenters. The first-order chi connectivity index (χ1) is 6.92. The van der Waals surface area contributed by atoms with Gasteiger partial charge in [-0.2, -0.15) is 0 Å². The van der Waals surface area contributed by atoms with Crippen molar-refractivity contribution in [1.29, 1.82) is 0 Å². The molecule has 2 rings (SSSR count). The Morgan fingerprint density at radius 2 is 2.36 bits per heavy atom. The van der Waals surface area contributed by atoms with E-state index in [9.17, 15) is 0 Å². The number of hydrazine groups is 1. The van der Waals surface area contributed by atoms with E-state index in [0.29, 0.717) is 0 Å². The van der Waals surface area contributed by atoms with Crippen LogP contribution in [0.15, 0.2) is 36.1 Å². The molecule has 0 saturated heterocycles. The van der Waals surface area contributed by atoms with Gasteiger partial charge in [-0.05, 0) is 11.4 Å². The second-order valence-corrected chi connectivity index (χ2v) is 3.72. The summed E-state index contributed by atoms with van der Waals surface area (Å²) >= 11 is 1.64. The van der Waals surface area contributed by atoms with Crippen LogP contribution in [0.4, 0.5) is 0 Å². The summed E-state index contributed by atoms with van der Waals surface area (Å²) < 4.78 is 0. The lowest BCUT2D eigenvalue weighted by Crippen LogP contribution is -2.28. The fourth-order valence-corrected chi connectivity index (χ4v) is 2.02. The van der Waals surface area contributed by atoms with E-state index < -0.39 is 0 Å². The van der Waals surface area contributed by atoms with Gasteiger partial charge in [-0.15, -0.1) is 11.3 Å². The van der Waals surface area contributed by atoms with Crippen LogP contribution >= 0.6 is 11.3 Å². The van der Waals surface area contributed by atoms with Crippen molar-refractivity contribution in [2.24, 2.45) is 5.84 Å². The Kier molecular flexibility index (Phi) is 2.83. The predicted octanol–water partition coefficient (Wildman–Crippen LogP) is 1.09. The van der Waals surface area contributed by atoms with Gasteiger partial charge in [-0.3, -0.25) is 15.8 Å². The summed E-state index contributed by atoms with van der Waals surface area (Å²) in [5.41, 5.74) is 3.56. The molecule has 0 radical (unpaired) electrons. The van der Waals surface area contributed by atoms with Gasteiger partial charge in [-0.25, -0.2) is 5.43 Å². The molecule has 0 aliphatic rings. The maximum Gasteiger partial charge on any atom is 0.0988 e. The monoisotopic (exact) mass is 206 g/mol. The molecule has 14 heavy (non-hydrogen) atoms. The maximum atomic E-state index is 5.48. The number of hydrogen-bond acceptors (Lipinski definition) is 5. The van der Waals surface area contributed by atoms with E-state index in [1.165, 1.54) is 0 Å². The molecular weight excluding hydrogens is 196 g/mol. The molecule has 0 fully saturated rings. The molecule has 0 amide bonds. The molecule has 5 heteroatoms. The van der Waals surface area contributed by atoms with Crippen LogP contribution in [0.5, 0.6) is 0 Å². The summed E-state index contributed by atoms with van der Waals surface area (Å²) in [4.78, 5) is 9.35. The first kappa shape index (κ1) is 9.26. The Morgan fingerprint density at radius 1 is 1.43 bits per heavy atom. The average molecular weight is 206 g/mol. The standard InChI is InChI=1S/C9H10N4S/c10-13-9(8-2-1-5-14-8)7-6-11-3-4-12-7/h1-6,9,13H,10H2. The highest BCUT2D eigenvalue weighted by Crippen LogP contribution is 2.22. The Hall–Kier alpha value is -1.30. The molecule has 1 atom stereocenters. The zero-order valence-electron chi connectivity index (χ0n) is 7.42. The highest BCUT2D eigenvalue weighted by Gasteiger charge is 2.14. The minimum absolute atomic E-state index is 0.0660. The zero-order chi connectivity index (χ0) is 9.80. The molecule has 3 N–H and O–H groups in total. The molecule has 2 heterocycles. The topological polar surface area (TPSA) is 63.8 Å². The second-order valence-electron chi connectivity index (χ2n) is 2.75. The Bertz CT molecular complexity index is 373. The minimum Gasteiger partial charge on any atom is -0.270 e. The lowest BCUT2D eigenvalue weighted by atomic mass is 10.2. The number of hydrogen-bond donors (Lipinski definition) is 2. The van der Waals surface area contributed by atoms with Gasteiger partial charge in [0.05, 0.1) is 17.9 Å². The van der Waals surface area contributed by atoms with Gasteiger partial charge in [0, 0.05) is 17.3 Å². The molecule has 2 aromatic heterocycles. The average Bonchev–Trinajstić information content (AvgIpc) is 2.74. The van der Waals surface area contributed by atoms with Crippen LogP contribution in [0, 0.1) is 0 Å². The third-order valence-electron chi connectivity index (χ3n) is 1.87. The van der Waals surface area contributed by atoms with Gasteiger partial charge < -0.3 is 0 Å². The van der Waals surface area contributed by atoms with Crippen molar-refractivity contribution in [3.05, 3.63) is 46.7 Å². The highest BCUT2D eigenvalue weighted by molar-refractivity contribution is 7.10. The largest absolute Gasteiger partial charge is 0.270 e. The summed E-state index contributed by atoms with van der Waals surface area (Å²) in [6.07, 6.45) is 5.02. The summed E-state index contributed by atoms with van der Waals surface area (Å²) in [6, 6.07) is 3.94. The van der Waals surface area contributed by atoms with Crippen molar-refractivity contribution in [3.8, 4) is 0 Å². The van der Waals surface area contributed by atoms with E-state index in [4.69, 9.17) is 5.84 Å². The third-order valence-corrected chi connectivity index (χ3v) is 2.81. The predicted molar refractivity (Wildman–Crippen MR) is 55.5 cm³/mol. The number of nitrogens with one attached hydrogen (secondary N) is 1. The lowest BCUT2D eigenvalue weighted by Gasteiger charge is -2.12. The van der Waals surface area contributed by atoms with Crippen molar-refractivity contribution in [3.63, 3.8) is 0 Å². The van der Waals surface area contributed by atoms with E-state index >= 15 is 0 Å². The lowest BCUT2D eigenvalue weighted by molar-refractivity contribution is 0.627. The highest BCUT2D eigenvalue weighted by atomic mass is 32.1. The normalized spacial score (nSPS) is 12.6. The molecule has 0 aliphatic carbocycles. The fraction of sp³-hybridized carbons (Fsp3) is 0.111. The van der Waals surface area contributed by atoms with Gasteiger partial charge in [0.25, 0.3) is 0 Å². The van der Waals surface area contributed by atoms with Crippen LogP contribution in [-0.2, 0) is 0 Å². The molecule has 0 bridgehead atoms. The Morgan fingerprint density at radius 3 is 2.93 bits per heavy atom. The summed E-state index contributed by atoms with van der Waals surface area (Å²) in [5.74, 6) is 5.48.